The summed E-state index contributed by atoms with van der Waals surface area (Å²) in [6.07, 6.45) is 3.46. The molecular formula is C42H44N2O7S. The van der Waals surface area contributed by atoms with Gasteiger partial charge >= 0.3 is 0 Å². The third kappa shape index (κ3) is 10.3. The van der Waals surface area contributed by atoms with E-state index in [4.69, 9.17) is 24.0 Å². The number of aliphatic hydroxyl groups excluding tert-OH is 2. The number of rotatable bonds is 17. The van der Waals surface area contributed by atoms with Gasteiger partial charge in [-0.3, -0.25) is 9.59 Å². The predicted octanol–water partition coefficient (Wildman–Crippen LogP) is 8.68. The average molecular weight is 721 g/mol. The Kier molecular flexibility index (Phi) is 13.4. The second-order valence-corrected chi connectivity index (χ2v) is 13.8. The van der Waals surface area contributed by atoms with Gasteiger partial charge in [0.2, 0.25) is 5.91 Å². The summed E-state index contributed by atoms with van der Waals surface area (Å²) in [6.45, 7) is -0.435. The number of aromatic nitrogens is 1. The highest BCUT2D eigenvalue weighted by atomic mass is 32.2. The molecule has 0 radical (unpaired) electrons. The van der Waals surface area contributed by atoms with Gasteiger partial charge in [0, 0.05) is 47.4 Å². The van der Waals surface area contributed by atoms with Crippen molar-refractivity contribution in [2.45, 2.75) is 75.3 Å². The smallest absolute Gasteiger partial charge is 0.256 e. The van der Waals surface area contributed by atoms with Crippen molar-refractivity contribution in [2.24, 2.45) is 0 Å². The van der Waals surface area contributed by atoms with Crippen LogP contribution in [0.5, 0.6) is 0 Å². The number of benzene rings is 4. The Morgan fingerprint density at radius 3 is 2.08 bits per heavy atom. The first-order valence-corrected chi connectivity index (χ1v) is 18.7. The molecule has 1 amide bonds. The maximum absolute atomic E-state index is 12.6. The molecule has 2 unspecified atom stereocenters. The molecule has 1 aromatic heterocycles. The highest BCUT2D eigenvalue weighted by Crippen LogP contribution is 2.41. The molecule has 3 atom stereocenters. The number of ether oxygens (including phenoxy) is 2. The van der Waals surface area contributed by atoms with E-state index in [-0.39, 0.29) is 30.5 Å². The fraction of sp³-hybridized carbons (Fsp3) is 0.310. The van der Waals surface area contributed by atoms with Crippen molar-refractivity contribution in [1.82, 2.24) is 4.98 Å². The van der Waals surface area contributed by atoms with Crippen LogP contribution in [-0.2, 0) is 25.7 Å². The summed E-state index contributed by atoms with van der Waals surface area (Å²) in [5, 5.41) is 21.9. The predicted molar refractivity (Wildman–Crippen MR) is 201 cm³/mol. The minimum atomic E-state index is -0.645. The summed E-state index contributed by atoms with van der Waals surface area (Å²) in [5.41, 5.74) is 6.08. The molecule has 0 spiro atoms. The van der Waals surface area contributed by atoms with Crippen molar-refractivity contribution in [2.75, 3.05) is 17.7 Å². The van der Waals surface area contributed by atoms with Gasteiger partial charge in [-0.1, -0.05) is 122 Å². The molecule has 3 N–H and O–H groups in total. The number of ketones is 1. The van der Waals surface area contributed by atoms with Crippen LogP contribution < -0.4 is 5.32 Å². The number of amides is 1. The third-order valence-corrected chi connectivity index (χ3v) is 9.91. The van der Waals surface area contributed by atoms with Crippen LogP contribution in [0, 0.1) is 0 Å². The Balaban J connectivity index is 1.12. The summed E-state index contributed by atoms with van der Waals surface area (Å²) < 4.78 is 19.5. The Morgan fingerprint density at radius 2 is 1.40 bits per heavy atom. The molecule has 6 rings (SSSR count). The number of aliphatic hydroxyl groups is 2. The van der Waals surface area contributed by atoms with E-state index in [2.05, 4.69) is 5.32 Å². The Hall–Kier alpha value is -4.58. The summed E-state index contributed by atoms with van der Waals surface area (Å²) >= 11 is 1.51. The largest absolute Gasteiger partial charge is 0.431 e. The van der Waals surface area contributed by atoms with Crippen molar-refractivity contribution < 1.29 is 33.7 Å². The lowest BCUT2D eigenvalue weighted by Crippen LogP contribution is -2.31. The van der Waals surface area contributed by atoms with Gasteiger partial charge in [-0.15, -0.1) is 0 Å². The summed E-state index contributed by atoms with van der Waals surface area (Å²) in [7, 11) is 0. The number of anilines is 1. The lowest BCUT2D eigenvalue weighted by atomic mass is 10.0. The topological polar surface area (TPSA) is 131 Å². The molecular weight excluding hydrogens is 677 g/mol. The van der Waals surface area contributed by atoms with Crippen molar-refractivity contribution in [3.05, 3.63) is 126 Å². The van der Waals surface area contributed by atoms with Crippen LogP contribution >= 0.6 is 11.8 Å². The second-order valence-electron chi connectivity index (χ2n) is 12.8. The van der Waals surface area contributed by atoms with E-state index >= 15 is 0 Å². The zero-order valence-electron chi connectivity index (χ0n) is 29.0. The van der Waals surface area contributed by atoms with Gasteiger partial charge in [-0.05, 0) is 36.1 Å². The standard InChI is InChI=1S/C42H44N2O7S/c45-26-29-17-19-30(20-18-29)37-25-36(28-52-42-44-39(31-11-5-3-6-12-31)40(51-42)32-13-7-4-8-14-32)49-41(50-37)33-21-23-34(24-22-33)43-38(48)16-10-2-1-9-15-35(47)27-46/h3-8,11-14,17-24,36-37,41,45-46H,1-2,9-10,15-16,25-28H2,(H,43,48)/t36-,37?,41?/m1/s1. The second kappa shape index (κ2) is 18.8. The van der Waals surface area contributed by atoms with Gasteiger partial charge in [0.25, 0.3) is 5.22 Å². The number of Topliss-reactive ketones (excluding diaryl/α,β-unsaturated/α-hetero) is 1. The molecule has 1 saturated heterocycles. The third-order valence-electron chi connectivity index (χ3n) is 8.95. The van der Waals surface area contributed by atoms with E-state index in [0.29, 0.717) is 35.9 Å². The van der Waals surface area contributed by atoms with E-state index in [0.717, 1.165) is 65.0 Å². The fourth-order valence-corrected chi connectivity index (χ4v) is 6.95. The SMILES string of the molecule is O=C(CO)CCCCCCC(=O)Nc1ccc(C2OC(c3ccc(CO)cc3)C[C@H](CSc3nc(-c4ccccc4)c(-c4ccccc4)o3)O2)cc1. The van der Waals surface area contributed by atoms with Crippen LogP contribution in [0.15, 0.2) is 119 Å². The molecule has 270 valence electrons. The number of carbonyl (C=O) groups is 2. The van der Waals surface area contributed by atoms with E-state index in [1.807, 2.05) is 109 Å². The van der Waals surface area contributed by atoms with Crippen LogP contribution in [-0.4, -0.2) is 45.4 Å². The van der Waals surface area contributed by atoms with Crippen LogP contribution in [0.3, 0.4) is 0 Å². The number of hydrogen-bond donors (Lipinski definition) is 3. The Labute approximate surface area is 308 Å². The van der Waals surface area contributed by atoms with Gasteiger partial charge in [0.1, 0.15) is 12.3 Å². The molecule has 4 aromatic carbocycles. The lowest BCUT2D eigenvalue weighted by Gasteiger charge is -2.36. The van der Waals surface area contributed by atoms with Crippen molar-refractivity contribution in [3.8, 4) is 22.6 Å². The molecule has 52 heavy (non-hydrogen) atoms. The first-order chi connectivity index (χ1) is 25.5. The zero-order chi connectivity index (χ0) is 36.1. The molecule has 0 saturated carbocycles. The minimum Gasteiger partial charge on any atom is -0.431 e. The van der Waals surface area contributed by atoms with Gasteiger partial charge in [-0.2, -0.15) is 0 Å². The summed E-state index contributed by atoms with van der Waals surface area (Å²) in [5.74, 6) is 1.10. The number of thioether (sulfide) groups is 1. The highest BCUT2D eigenvalue weighted by Gasteiger charge is 2.33. The molecule has 0 aliphatic carbocycles. The number of nitrogens with zero attached hydrogens (tertiary/aromatic N) is 1. The first-order valence-electron chi connectivity index (χ1n) is 17.8. The molecule has 0 bridgehead atoms. The van der Waals surface area contributed by atoms with Crippen LogP contribution in [0.25, 0.3) is 22.6 Å². The number of hydrogen-bond acceptors (Lipinski definition) is 9. The first kappa shape index (κ1) is 37.2. The van der Waals surface area contributed by atoms with Gasteiger partial charge in [-0.25, -0.2) is 4.98 Å². The Morgan fingerprint density at radius 1 is 0.750 bits per heavy atom. The van der Waals surface area contributed by atoms with Crippen LogP contribution in [0.4, 0.5) is 5.69 Å². The fourth-order valence-electron chi connectivity index (χ4n) is 6.11. The molecule has 5 aromatic rings. The van der Waals surface area contributed by atoms with E-state index < -0.39 is 12.9 Å². The maximum atomic E-state index is 12.6. The number of carbonyl (C=O) groups excluding carboxylic acids is 2. The molecule has 1 fully saturated rings. The number of oxazole rings is 1. The number of nitrogens with one attached hydrogen (secondary N) is 1. The number of unbranched alkanes of at least 4 members (excludes halogenated alkanes) is 3. The highest BCUT2D eigenvalue weighted by molar-refractivity contribution is 7.99. The summed E-state index contributed by atoms with van der Waals surface area (Å²) in [6, 6.07) is 35.3. The van der Waals surface area contributed by atoms with Crippen LogP contribution in [0.1, 0.15) is 74.0 Å². The molecule has 9 nitrogen and oxygen atoms in total. The van der Waals surface area contributed by atoms with E-state index in [9.17, 15) is 14.7 Å². The average Bonchev–Trinajstić information content (AvgIpc) is 3.63. The van der Waals surface area contributed by atoms with Crippen molar-refractivity contribution in [1.29, 1.82) is 0 Å². The summed E-state index contributed by atoms with van der Waals surface area (Å²) in [4.78, 5) is 28.7. The van der Waals surface area contributed by atoms with Gasteiger partial charge in [0.15, 0.2) is 17.8 Å². The van der Waals surface area contributed by atoms with Gasteiger partial charge in [0.05, 0.1) is 18.8 Å². The van der Waals surface area contributed by atoms with E-state index in [1.54, 1.807) is 0 Å². The maximum Gasteiger partial charge on any atom is 0.256 e. The lowest BCUT2D eigenvalue weighted by molar-refractivity contribution is -0.245. The molecule has 1 aliphatic rings. The van der Waals surface area contributed by atoms with E-state index in [1.165, 1.54) is 11.8 Å². The molecule has 2 heterocycles. The van der Waals surface area contributed by atoms with Gasteiger partial charge < -0.3 is 29.4 Å². The molecule has 10 heteroatoms. The minimum absolute atomic E-state index is 0.0284. The Bertz CT molecular complexity index is 1810. The van der Waals surface area contributed by atoms with Crippen molar-refractivity contribution >= 4 is 29.1 Å². The monoisotopic (exact) mass is 720 g/mol. The molecule has 1 aliphatic heterocycles. The van der Waals surface area contributed by atoms with Crippen molar-refractivity contribution in [3.63, 3.8) is 0 Å². The zero-order valence-corrected chi connectivity index (χ0v) is 29.8. The normalized spacial score (nSPS) is 17.2. The van der Waals surface area contributed by atoms with Crippen LogP contribution in [0.2, 0.25) is 0 Å². The quantitative estimate of drug-likeness (QED) is 0.0638.